The molecule has 120 valence electrons. The Balaban J connectivity index is 1.86. The predicted molar refractivity (Wildman–Crippen MR) is 83.3 cm³/mol. The van der Waals surface area contributed by atoms with Crippen LogP contribution in [0.2, 0.25) is 0 Å². The third kappa shape index (κ3) is 2.95. The molecule has 0 spiro atoms. The standard InChI is InChI=1S/C14H15N5O3S/c1-8-13(9(2)17-16-8)23(20,21)19-12-6-4-11(5-7-12)14-15-10(3)18-22-14/h4-7,19H,1-3H3,(H,16,17). The highest BCUT2D eigenvalue weighted by Gasteiger charge is 2.22. The Kier molecular flexibility index (Phi) is 3.64. The maximum absolute atomic E-state index is 12.5. The number of aromatic amines is 1. The molecule has 0 unspecified atom stereocenters. The molecule has 2 heterocycles. The van der Waals surface area contributed by atoms with E-state index in [9.17, 15) is 8.42 Å². The van der Waals surface area contributed by atoms with Crippen molar-refractivity contribution in [3.63, 3.8) is 0 Å². The number of rotatable bonds is 4. The van der Waals surface area contributed by atoms with Crippen LogP contribution < -0.4 is 4.72 Å². The molecule has 0 atom stereocenters. The average Bonchev–Trinajstić information content (AvgIpc) is 3.06. The maximum Gasteiger partial charge on any atom is 0.265 e. The van der Waals surface area contributed by atoms with Gasteiger partial charge in [0.1, 0.15) is 4.90 Å². The van der Waals surface area contributed by atoms with Crippen molar-refractivity contribution >= 4 is 15.7 Å². The van der Waals surface area contributed by atoms with Gasteiger partial charge in [-0.15, -0.1) is 0 Å². The minimum absolute atomic E-state index is 0.161. The molecule has 2 N–H and O–H groups in total. The Morgan fingerprint density at radius 3 is 2.35 bits per heavy atom. The van der Waals surface area contributed by atoms with E-state index in [0.717, 1.165) is 0 Å². The number of hydrogen-bond donors (Lipinski definition) is 2. The molecule has 0 fully saturated rings. The van der Waals surface area contributed by atoms with Gasteiger partial charge in [0.2, 0.25) is 0 Å². The van der Waals surface area contributed by atoms with Crippen LogP contribution in [0.5, 0.6) is 0 Å². The summed E-state index contributed by atoms with van der Waals surface area (Å²) in [4.78, 5) is 4.28. The number of anilines is 1. The van der Waals surface area contributed by atoms with Crippen LogP contribution in [0.1, 0.15) is 17.2 Å². The third-order valence-corrected chi connectivity index (χ3v) is 4.88. The summed E-state index contributed by atoms with van der Waals surface area (Å²) in [6, 6.07) is 6.69. The highest BCUT2D eigenvalue weighted by molar-refractivity contribution is 7.92. The summed E-state index contributed by atoms with van der Waals surface area (Å²) >= 11 is 0. The summed E-state index contributed by atoms with van der Waals surface area (Å²) in [5, 5.41) is 10.3. The molecule has 0 aliphatic rings. The Hall–Kier alpha value is -2.68. The van der Waals surface area contributed by atoms with Crippen LogP contribution in [0.25, 0.3) is 11.5 Å². The minimum Gasteiger partial charge on any atom is -0.334 e. The maximum atomic E-state index is 12.5. The van der Waals surface area contributed by atoms with Gasteiger partial charge in [-0.1, -0.05) is 5.16 Å². The zero-order valence-electron chi connectivity index (χ0n) is 12.8. The molecule has 3 rings (SSSR count). The number of sulfonamides is 1. The van der Waals surface area contributed by atoms with E-state index in [2.05, 4.69) is 25.1 Å². The van der Waals surface area contributed by atoms with E-state index in [4.69, 9.17) is 4.52 Å². The molecule has 2 aromatic heterocycles. The van der Waals surface area contributed by atoms with Crippen LogP contribution in [-0.2, 0) is 10.0 Å². The Bertz CT molecular complexity index is 922. The number of benzene rings is 1. The van der Waals surface area contributed by atoms with Crippen molar-refractivity contribution in [2.24, 2.45) is 0 Å². The third-order valence-electron chi connectivity index (χ3n) is 3.24. The first kappa shape index (κ1) is 15.2. The van der Waals surface area contributed by atoms with E-state index in [1.165, 1.54) is 0 Å². The van der Waals surface area contributed by atoms with E-state index in [-0.39, 0.29) is 4.90 Å². The normalized spacial score (nSPS) is 11.6. The number of hydrogen-bond acceptors (Lipinski definition) is 6. The molecule has 23 heavy (non-hydrogen) atoms. The molecule has 0 saturated carbocycles. The van der Waals surface area contributed by atoms with Crippen molar-refractivity contribution in [2.45, 2.75) is 25.7 Å². The largest absolute Gasteiger partial charge is 0.334 e. The molecular formula is C14H15N5O3S. The quantitative estimate of drug-likeness (QED) is 0.756. The monoisotopic (exact) mass is 333 g/mol. The summed E-state index contributed by atoms with van der Waals surface area (Å²) in [6.45, 7) is 5.03. The first-order valence-electron chi connectivity index (χ1n) is 6.82. The first-order chi connectivity index (χ1) is 10.9. The van der Waals surface area contributed by atoms with Gasteiger partial charge in [0, 0.05) is 11.3 Å². The molecule has 0 bridgehead atoms. The lowest BCUT2D eigenvalue weighted by Crippen LogP contribution is -2.14. The van der Waals surface area contributed by atoms with Gasteiger partial charge in [-0.05, 0) is 45.0 Å². The lowest BCUT2D eigenvalue weighted by Gasteiger charge is -2.08. The second kappa shape index (κ2) is 5.51. The van der Waals surface area contributed by atoms with Crippen LogP contribution in [0.3, 0.4) is 0 Å². The predicted octanol–water partition coefficient (Wildman–Crippen LogP) is 2.19. The van der Waals surface area contributed by atoms with Gasteiger partial charge in [0.05, 0.1) is 11.4 Å². The van der Waals surface area contributed by atoms with Crippen molar-refractivity contribution in [3.05, 3.63) is 41.5 Å². The molecule has 0 aliphatic carbocycles. The zero-order valence-corrected chi connectivity index (χ0v) is 13.6. The van der Waals surface area contributed by atoms with Gasteiger partial charge in [0.25, 0.3) is 15.9 Å². The molecule has 9 heteroatoms. The highest BCUT2D eigenvalue weighted by Crippen LogP contribution is 2.23. The van der Waals surface area contributed by atoms with Crippen molar-refractivity contribution in [3.8, 4) is 11.5 Å². The van der Waals surface area contributed by atoms with Crippen LogP contribution in [0, 0.1) is 20.8 Å². The number of nitrogens with one attached hydrogen (secondary N) is 2. The molecule has 0 aliphatic heterocycles. The second-order valence-corrected chi connectivity index (χ2v) is 6.71. The molecule has 1 aromatic carbocycles. The second-order valence-electron chi connectivity index (χ2n) is 5.09. The van der Waals surface area contributed by atoms with Crippen molar-refractivity contribution < 1.29 is 12.9 Å². The number of H-pyrrole nitrogens is 1. The Morgan fingerprint density at radius 1 is 1.13 bits per heavy atom. The molecular weight excluding hydrogens is 318 g/mol. The van der Waals surface area contributed by atoms with Gasteiger partial charge in [-0.25, -0.2) is 8.42 Å². The number of aryl methyl sites for hydroxylation is 3. The van der Waals surface area contributed by atoms with Gasteiger partial charge < -0.3 is 4.52 Å². The topological polar surface area (TPSA) is 114 Å². The number of aromatic nitrogens is 4. The highest BCUT2D eigenvalue weighted by atomic mass is 32.2. The fourth-order valence-corrected chi connectivity index (χ4v) is 3.67. The van der Waals surface area contributed by atoms with Crippen LogP contribution in [0.4, 0.5) is 5.69 Å². The average molecular weight is 333 g/mol. The van der Waals surface area contributed by atoms with Gasteiger partial charge in [0.15, 0.2) is 5.82 Å². The van der Waals surface area contributed by atoms with Gasteiger partial charge in [-0.3, -0.25) is 9.82 Å². The summed E-state index contributed by atoms with van der Waals surface area (Å²) in [5.74, 6) is 0.925. The fraction of sp³-hybridized carbons (Fsp3) is 0.214. The fourth-order valence-electron chi connectivity index (χ4n) is 2.24. The van der Waals surface area contributed by atoms with Crippen molar-refractivity contribution in [1.82, 2.24) is 20.3 Å². The van der Waals surface area contributed by atoms with E-state index >= 15 is 0 Å². The Morgan fingerprint density at radius 2 is 1.83 bits per heavy atom. The SMILES string of the molecule is Cc1noc(-c2ccc(NS(=O)(=O)c3c(C)n[nH]c3C)cc2)n1. The molecule has 0 saturated heterocycles. The molecule has 0 radical (unpaired) electrons. The van der Waals surface area contributed by atoms with E-state index in [0.29, 0.717) is 34.4 Å². The van der Waals surface area contributed by atoms with Crippen molar-refractivity contribution in [2.75, 3.05) is 4.72 Å². The van der Waals surface area contributed by atoms with Gasteiger partial charge in [-0.2, -0.15) is 10.1 Å². The van der Waals surface area contributed by atoms with E-state index in [1.807, 2.05) is 0 Å². The number of nitrogens with zero attached hydrogens (tertiary/aromatic N) is 3. The Labute approximate surface area is 133 Å². The summed E-state index contributed by atoms with van der Waals surface area (Å²) in [6.07, 6.45) is 0. The molecule has 0 amide bonds. The lowest BCUT2D eigenvalue weighted by atomic mass is 10.2. The summed E-state index contributed by atoms with van der Waals surface area (Å²) < 4.78 is 32.5. The van der Waals surface area contributed by atoms with Crippen LogP contribution in [-0.4, -0.2) is 28.8 Å². The summed E-state index contributed by atoms with van der Waals surface area (Å²) in [5.41, 5.74) is 2.06. The van der Waals surface area contributed by atoms with E-state index < -0.39 is 10.0 Å². The van der Waals surface area contributed by atoms with Crippen LogP contribution in [0.15, 0.2) is 33.7 Å². The van der Waals surface area contributed by atoms with Gasteiger partial charge >= 0.3 is 0 Å². The lowest BCUT2D eigenvalue weighted by molar-refractivity contribution is 0.425. The summed E-state index contributed by atoms with van der Waals surface area (Å²) in [7, 11) is -3.70. The van der Waals surface area contributed by atoms with E-state index in [1.54, 1.807) is 45.0 Å². The zero-order chi connectivity index (χ0) is 16.6. The van der Waals surface area contributed by atoms with Crippen LogP contribution >= 0.6 is 0 Å². The smallest absolute Gasteiger partial charge is 0.265 e. The molecule has 3 aromatic rings. The first-order valence-corrected chi connectivity index (χ1v) is 8.30. The molecule has 8 nitrogen and oxygen atoms in total. The van der Waals surface area contributed by atoms with Crippen molar-refractivity contribution in [1.29, 1.82) is 0 Å². The minimum atomic E-state index is -3.70.